The number of hydrogen-bond donors (Lipinski definition) is 7. The molecule has 0 radical (unpaired) electrons. The van der Waals surface area contributed by atoms with Gasteiger partial charge >= 0.3 is 17.9 Å². The summed E-state index contributed by atoms with van der Waals surface area (Å²) in [6.45, 7) is 0.748. The Balaban J connectivity index is 0.000000154. The highest BCUT2D eigenvalue weighted by molar-refractivity contribution is 7.18. The summed E-state index contributed by atoms with van der Waals surface area (Å²) < 4.78 is 15.9. The number of thiophene rings is 9. The third kappa shape index (κ3) is 23.0. The molecule has 0 fully saturated rings. The highest BCUT2D eigenvalue weighted by Crippen LogP contribution is 2.25. The first-order valence-electron chi connectivity index (χ1n) is 28.3. The summed E-state index contributed by atoms with van der Waals surface area (Å²) in [7, 11) is 2.68. The smallest absolute Gasteiger partial charge is 0.356 e. The fraction of sp³-hybridized carbons (Fsp3) is 0.119. The first kappa shape index (κ1) is 75.3. The summed E-state index contributed by atoms with van der Waals surface area (Å²) in [5.41, 5.74) is 33.1. The highest BCUT2D eigenvalue weighted by atomic mass is 35.5. The van der Waals surface area contributed by atoms with Crippen molar-refractivity contribution < 1.29 is 44.0 Å². The lowest BCUT2D eigenvalue weighted by Crippen LogP contribution is -2.03. The van der Waals surface area contributed by atoms with E-state index in [1.165, 1.54) is 73.1 Å². The van der Waals surface area contributed by atoms with Crippen LogP contribution in [-0.2, 0) is 41.4 Å². The molecule has 0 aliphatic carbocycles. The summed E-state index contributed by atoms with van der Waals surface area (Å²) in [4.78, 5) is 69.8. The van der Waals surface area contributed by atoms with Crippen molar-refractivity contribution >= 4 is 216 Å². The van der Waals surface area contributed by atoms with Gasteiger partial charge in [0.25, 0.3) is 0 Å². The summed E-state index contributed by atoms with van der Waals surface area (Å²) in [5, 5.41) is 51.7. The predicted octanol–water partition coefficient (Wildman–Crippen LogP) is 16.1. The van der Waals surface area contributed by atoms with Gasteiger partial charge in [-0.05, 0) is 182 Å². The standard InChI is InChI=1S/C9H10N2S.C9H6N2S.C9H7NO2S.C8H6ClNS.C8H5NO2S.C8H7NOS.C6H7NO2S.C5H7NOS.C5H5NOS/c2*10-5-3-7-1-2-9-8(11-7)4-6-12-9;1-12-9(11)7-2-3-8-6(10-7)4-5-13-8;9-5-6-1-2-8-7(10-6)3-4-11-8;10-8(11)6-1-2-7-5(9-6)3-4-12-7;10-5-6-1-2-8-7(9-6)3-4-11-8;1-9-6(8)5-4(7)2-3-10-5;2*6-4-1-2-8-5(4)3-7/h1-2,4,6H,3,5,10H2;1-2,4,6H,3H2;2-5H,1H3;1-4H,5H2;1-4H,(H,10,11);1-4,10H,5H2;2-3H,7H2,1H3;1-2,7H,3,6H2;1-3H,6H2. The number of methoxy groups -OCH3 is 2. The Morgan fingerprint density at radius 1 is 0.474 bits per heavy atom. The largest absolute Gasteiger partial charge is 0.477 e. The maximum atomic E-state index is 11.1. The van der Waals surface area contributed by atoms with Crippen LogP contribution in [0.3, 0.4) is 0 Å². The number of nitrogens with zero attached hydrogens (tertiary/aromatic N) is 7. The molecule has 0 saturated heterocycles. The Morgan fingerprint density at radius 2 is 0.866 bits per heavy atom. The number of nitrogen functional groups attached to an aromatic ring is 3. The van der Waals surface area contributed by atoms with E-state index >= 15 is 0 Å². The number of alkyl halides is 1. The number of aldehydes is 1. The van der Waals surface area contributed by atoms with E-state index in [2.05, 4.69) is 63.0 Å². The molecule has 15 aromatic heterocycles. The van der Waals surface area contributed by atoms with Crippen molar-refractivity contribution in [3.05, 3.63) is 225 Å². The molecule has 30 heteroatoms. The van der Waals surface area contributed by atoms with Gasteiger partial charge in [0.15, 0.2) is 6.29 Å². The average molecular weight is 1490 g/mol. The Labute approximate surface area is 596 Å². The fourth-order valence-corrected chi connectivity index (χ4v) is 14.2. The van der Waals surface area contributed by atoms with E-state index in [4.69, 9.17) is 55.1 Å². The number of aliphatic hydroxyl groups excluding tert-OH is 2. The van der Waals surface area contributed by atoms with Gasteiger partial charge in [0.1, 0.15) is 16.3 Å². The molecule has 15 aromatic rings. The Bertz CT molecular complexity index is 4910. The number of carboxylic acid groups (broad SMARTS) is 1. The van der Waals surface area contributed by atoms with Crippen molar-refractivity contribution in [1.29, 1.82) is 5.26 Å². The molecule has 11 N–H and O–H groups in total. The first-order valence-corrected chi connectivity index (χ1v) is 36.8. The van der Waals surface area contributed by atoms with Crippen LogP contribution in [0.5, 0.6) is 0 Å². The molecule has 0 aliphatic rings. The van der Waals surface area contributed by atoms with Crippen LogP contribution in [0.15, 0.2) is 176 Å². The van der Waals surface area contributed by atoms with E-state index in [1.54, 1.807) is 109 Å². The van der Waals surface area contributed by atoms with Crippen LogP contribution >= 0.6 is 114 Å². The number of halogens is 1. The highest BCUT2D eigenvalue weighted by Gasteiger charge is 2.11. The van der Waals surface area contributed by atoms with Crippen molar-refractivity contribution in [2.75, 3.05) is 38.0 Å². The number of carbonyl (C=O) groups excluding carboxylic acids is 3. The van der Waals surface area contributed by atoms with Crippen molar-refractivity contribution in [2.24, 2.45) is 5.73 Å². The monoisotopic (exact) mass is 1490 g/mol. The number of nitriles is 1. The van der Waals surface area contributed by atoms with Crippen LogP contribution in [0.4, 0.5) is 17.1 Å². The number of carbonyl (C=O) groups is 4. The number of carboxylic acids is 1. The van der Waals surface area contributed by atoms with Gasteiger partial charge in [-0.3, -0.25) is 19.7 Å². The first-order chi connectivity index (χ1) is 47.1. The summed E-state index contributed by atoms with van der Waals surface area (Å²) in [6, 6.07) is 41.7. The second-order valence-electron chi connectivity index (χ2n) is 18.9. The van der Waals surface area contributed by atoms with Gasteiger partial charge in [0.2, 0.25) is 0 Å². The second kappa shape index (κ2) is 39.8. The minimum atomic E-state index is -0.983. The number of nitrogens with two attached hydrogens (primary N) is 4. The molecule has 0 amide bonds. The Morgan fingerprint density at radius 3 is 1.25 bits per heavy atom. The maximum Gasteiger partial charge on any atom is 0.356 e. The van der Waals surface area contributed by atoms with Gasteiger partial charge in [-0.15, -0.1) is 114 Å². The van der Waals surface area contributed by atoms with Crippen LogP contribution in [0, 0.1) is 11.3 Å². The minimum absolute atomic E-state index is 0.0196. The van der Waals surface area contributed by atoms with E-state index in [1.807, 2.05) is 111 Å². The number of hydrogen-bond acceptors (Lipinski definition) is 28. The number of pyridine rings is 6. The van der Waals surface area contributed by atoms with Gasteiger partial charge < -0.3 is 47.7 Å². The third-order valence-corrected chi connectivity index (χ3v) is 20.7. The van der Waals surface area contributed by atoms with Crippen LogP contribution in [0.2, 0.25) is 0 Å². The van der Waals surface area contributed by atoms with E-state index in [9.17, 15) is 19.2 Å². The van der Waals surface area contributed by atoms with Gasteiger partial charge in [0, 0.05) is 17.8 Å². The van der Waals surface area contributed by atoms with E-state index in [0.29, 0.717) is 51.4 Å². The Hall–Kier alpha value is -9.10. The quantitative estimate of drug-likeness (QED) is 0.0380. The van der Waals surface area contributed by atoms with Crippen molar-refractivity contribution in [3.8, 4) is 6.07 Å². The lowest BCUT2D eigenvalue weighted by molar-refractivity contribution is 0.0589. The molecule has 0 saturated carbocycles. The summed E-state index contributed by atoms with van der Waals surface area (Å²) in [6.07, 6.45) is 2.03. The number of ether oxygens (including phenoxy) is 2. The van der Waals surface area contributed by atoms with Crippen molar-refractivity contribution in [1.82, 2.24) is 29.9 Å². The van der Waals surface area contributed by atoms with Crippen molar-refractivity contribution in [3.63, 3.8) is 0 Å². The second-order valence-corrected chi connectivity index (χ2v) is 27.7. The number of anilines is 3. The average Bonchev–Trinajstić information content (AvgIpc) is 3.97. The number of fused-ring (bicyclic) bond motifs is 6. The van der Waals surface area contributed by atoms with Crippen LogP contribution < -0.4 is 22.9 Å². The normalized spacial score (nSPS) is 10.1. The van der Waals surface area contributed by atoms with Gasteiger partial charge in [-0.2, -0.15) is 5.26 Å². The zero-order chi connectivity index (χ0) is 69.5. The van der Waals surface area contributed by atoms with Gasteiger partial charge in [-0.1, -0.05) is 0 Å². The van der Waals surface area contributed by atoms with Crippen LogP contribution in [0.25, 0.3) is 61.3 Å². The molecule has 0 bridgehead atoms. The Kier molecular flexibility index (Phi) is 30.9. The van der Waals surface area contributed by atoms with Crippen molar-refractivity contribution in [2.45, 2.75) is 31.9 Å². The zero-order valence-electron chi connectivity index (χ0n) is 51.4. The van der Waals surface area contributed by atoms with Gasteiger partial charge in [0.05, 0.1) is 145 Å². The molecule has 15 rings (SSSR count). The lowest BCUT2D eigenvalue weighted by Gasteiger charge is -1.96. The molecule has 0 aliphatic heterocycles. The molecule has 0 atom stereocenters. The van der Waals surface area contributed by atoms with E-state index < -0.39 is 11.9 Å². The minimum Gasteiger partial charge on any atom is -0.477 e. The molecule has 97 heavy (non-hydrogen) atoms. The van der Waals surface area contributed by atoms with Crippen LogP contribution in [-0.4, -0.2) is 90.2 Å². The summed E-state index contributed by atoms with van der Waals surface area (Å²) in [5.74, 6) is -1.25. The molecule has 0 aromatic carbocycles. The molecule has 20 nitrogen and oxygen atoms in total. The van der Waals surface area contributed by atoms with Crippen LogP contribution in [0.1, 0.15) is 68.0 Å². The topological polar surface area (TPSA) is 353 Å². The number of aliphatic hydroxyl groups is 2. The number of rotatable bonds is 10. The van der Waals surface area contributed by atoms with E-state index in [-0.39, 0.29) is 24.9 Å². The van der Waals surface area contributed by atoms with Gasteiger partial charge in [-0.25, -0.2) is 29.3 Å². The molecular formula is C67H60ClN11O9S9. The maximum absolute atomic E-state index is 11.1. The fourth-order valence-electron chi connectivity index (χ4n) is 7.74. The van der Waals surface area contributed by atoms with E-state index in [0.717, 1.165) is 82.9 Å². The number of aromatic nitrogens is 6. The molecule has 15 heterocycles. The third-order valence-electron chi connectivity index (χ3n) is 12.5. The zero-order valence-corrected chi connectivity index (χ0v) is 59.5. The molecular weight excluding hydrogens is 1430 g/mol. The lowest BCUT2D eigenvalue weighted by atomic mass is 10.2. The SMILES string of the molecule is COC(=O)c1ccc2sccc2n1.COC(=O)c1sccc1N.ClCc1ccc2sccc2n1.N#CCc1ccc2sccc2n1.NCCc1ccc2sccc2n1.Nc1ccsc1C=O.Nc1ccsc1CO.O=C(O)c1ccc2sccc2n1.OCc1ccc2sccc2n1. The summed E-state index contributed by atoms with van der Waals surface area (Å²) >= 11 is 19.7. The number of esters is 2. The molecule has 498 valence electrons. The molecule has 0 spiro atoms. The predicted molar refractivity (Wildman–Crippen MR) is 402 cm³/mol. The molecule has 0 unspecified atom stereocenters. The number of aromatic carboxylic acids is 1.